The number of ether oxygens (including phenoxy) is 2. The summed E-state index contributed by atoms with van der Waals surface area (Å²) in [4.78, 5) is 35.1. The van der Waals surface area contributed by atoms with Crippen LogP contribution in [0.4, 0.5) is 0 Å². The minimum absolute atomic E-state index is 0.0572. The molecule has 386 valence electrons. The van der Waals surface area contributed by atoms with Gasteiger partial charge in [0.15, 0.2) is 6.10 Å². The van der Waals surface area contributed by atoms with Crippen LogP contribution in [0.25, 0.3) is 0 Å². The van der Waals surface area contributed by atoms with E-state index in [4.69, 9.17) is 24.3 Å². The lowest BCUT2D eigenvalue weighted by atomic mass is 10.0. The van der Waals surface area contributed by atoms with Gasteiger partial charge in [0.1, 0.15) is 6.61 Å². The highest BCUT2D eigenvalue weighted by molar-refractivity contribution is 7.47. The predicted molar refractivity (Wildman–Crippen MR) is 275 cm³/mol. The molecule has 2 atom stereocenters. The van der Waals surface area contributed by atoms with Crippen molar-refractivity contribution in [2.24, 2.45) is 5.73 Å². The number of esters is 2. The Morgan fingerprint density at radius 2 is 0.754 bits per heavy atom. The third-order valence-electron chi connectivity index (χ3n) is 12.7. The molecule has 0 spiro atoms. The molecule has 2 unspecified atom stereocenters. The SMILES string of the molecule is CCCCCCCCCC/C=C\CCCCCCCCCCCCCCCCCC(=O)OC(COC(=O)CCCCCCCCCCCCCCCCCCC)COP(=O)(O)OCCN. The molecule has 3 N–H and O–H groups in total. The molecule has 0 aromatic heterocycles. The number of phosphoric acid groups is 1. The summed E-state index contributed by atoms with van der Waals surface area (Å²) in [5.74, 6) is -0.808. The summed E-state index contributed by atoms with van der Waals surface area (Å²) in [5, 5.41) is 0. The number of carbonyl (C=O) groups excluding carboxylic acids is 2. The van der Waals surface area contributed by atoms with Gasteiger partial charge in [0, 0.05) is 19.4 Å². The summed E-state index contributed by atoms with van der Waals surface area (Å²) in [6.07, 6.45) is 58.4. The Morgan fingerprint density at radius 3 is 1.09 bits per heavy atom. The van der Waals surface area contributed by atoms with Crippen molar-refractivity contribution in [1.82, 2.24) is 0 Å². The molecule has 0 aliphatic heterocycles. The van der Waals surface area contributed by atoms with E-state index in [0.29, 0.717) is 6.42 Å². The zero-order valence-electron chi connectivity index (χ0n) is 43.0. The summed E-state index contributed by atoms with van der Waals surface area (Å²) in [5.41, 5.74) is 5.38. The molecule has 65 heavy (non-hydrogen) atoms. The van der Waals surface area contributed by atoms with Crippen LogP contribution >= 0.6 is 7.82 Å². The lowest BCUT2D eigenvalue weighted by molar-refractivity contribution is -0.161. The minimum atomic E-state index is -4.38. The van der Waals surface area contributed by atoms with E-state index in [1.165, 1.54) is 231 Å². The van der Waals surface area contributed by atoms with Gasteiger partial charge in [-0.3, -0.25) is 18.6 Å². The van der Waals surface area contributed by atoms with Gasteiger partial charge in [0.05, 0.1) is 13.2 Å². The van der Waals surface area contributed by atoms with Gasteiger partial charge in [0.2, 0.25) is 0 Å². The molecule has 9 nitrogen and oxygen atoms in total. The Bertz CT molecular complexity index is 1070. The highest BCUT2D eigenvalue weighted by Gasteiger charge is 2.26. The molecular formula is C55H108NO8P. The monoisotopic (exact) mass is 942 g/mol. The molecule has 0 amide bonds. The average Bonchev–Trinajstić information content (AvgIpc) is 3.30. The first kappa shape index (κ1) is 63.8. The highest BCUT2D eigenvalue weighted by Crippen LogP contribution is 2.43. The number of hydrogen-bond donors (Lipinski definition) is 2. The molecule has 0 saturated heterocycles. The quantitative estimate of drug-likeness (QED) is 0.0264. The maximum Gasteiger partial charge on any atom is 0.472 e. The van der Waals surface area contributed by atoms with Gasteiger partial charge in [-0.1, -0.05) is 257 Å². The van der Waals surface area contributed by atoms with Crippen LogP contribution in [0, 0.1) is 0 Å². The first-order chi connectivity index (χ1) is 31.8. The molecule has 10 heteroatoms. The van der Waals surface area contributed by atoms with Crippen LogP contribution < -0.4 is 5.73 Å². The van der Waals surface area contributed by atoms with Crippen molar-refractivity contribution >= 4 is 19.8 Å². The lowest BCUT2D eigenvalue weighted by Crippen LogP contribution is -2.29. The zero-order chi connectivity index (χ0) is 47.4. The molecule has 0 rings (SSSR count). The Morgan fingerprint density at radius 1 is 0.446 bits per heavy atom. The maximum absolute atomic E-state index is 12.7. The number of phosphoric ester groups is 1. The fraction of sp³-hybridized carbons (Fsp3) is 0.927. The van der Waals surface area contributed by atoms with E-state index in [-0.39, 0.29) is 38.6 Å². The van der Waals surface area contributed by atoms with Crippen molar-refractivity contribution in [1.29, 1.82) is 0 Å². The van der Waals surface area contributed by atoms with Gasteiger partial charge in [0.25, 0.3) is 0 Å². The van der Waals surface area contributed by atoms with Crippen molar-refractivity contribution < 1.29 is 37.6 Å². The molecule has 0 saturated carbocycles. The molecule has 0 aromatic rings. The van der Waals surface area contributed by atoms with Crippen LogP contribution in [0.5, 0.6) is 0 Å². The van der Waals surface area contributed by atoms with Crippen LogP contribution in [0.1, 0.15) is 296 Å². The summed E-state index contributed by atoms with van der Waals surface area (Å²) >= 11 is 0. The van der Waals surface area contributed by atoms with Gasteiger partial charge < -0.3 is 20.1 Å². The van der Waals surface area contributed by atoms with E-state index in [1.807, 2.05) is 0 Å². The molecular weight excluding hydrogens is 834 g/mol. The number of carbonyl (C=O) groups is 2. The first-order valence-electron chi connectivity index (χ1n) is 28.2. The largest absolute Gasteiger partial charge is 0.472 e. The summed E-state index contributed by atoms with van der Waals surface area (Å²) in [6.45, 7) is 3.80. The fourth-order valence-electron chi connectivity index (χ4n) is 8.46. The number of unbranched alkanes of at least 4 members (excludes halogenated alkanes) is 39. The Hall–Kier alpha value is -1.25. The standard InChI is InChI=1S/C55H108NO8P/c1-3-5-7-9-11-13-15-17-19-21-22-23-24-25-26-27-28-29-30-32-34-36-38-40-42-44-46-48-55(58)64-53(52-63-65(59,60)62-50-49-56)51-61-54(57)47-45-43-41-39-37-35-33-31-20-18-16-14-12-10-8-6-4-2/h21-22,53H,3-20,23-52,56H2,1-2H3,(H,59,60)/b22-21-. The van der Waals surface area contributed by atoms with E-state index in [2.05, 4.69) is 26.0 Å². The Balaban J connectivity index is 3.92. The summed E-state index contributed by atoms with van der Waals surface area (Å²) in [6, 6.07) is 0. The molecule has 0 aliphatic rings. The van der Waals surface area contributed by atoms with Crippen molar-refractivity contribution in [3.8, 4) is 0 Å². The third kappa shape index (κ3) is 52.0. The number of hydrogen-bond acceptors (Lipinski definition) is 8. The lowest BCUT2D eigenvalue weighted by Gasteiger charge is -2.19. The third-order valence-corrected chi connectivity index (χ3v) is 13.6. The van der Waals surface area contributed by atoms with E-state index in [1.54, 1.807) is 0 Å². The number of allylic oxidation sites excluding steroid dienone is 2. The second-order valence-electron chi connectivity index (χ2n) is 19.2. The van der Waals surface area contributed by atoms with E-state index in [9.17, 15) is 19.0 Å². The van der Waals surface area contributed by atoms with Crippen LogP contribution in [0.15, 0.2) is 12.2 Å². The molecule has 0 bridgehead atoms. The molecule has 0 heterocycles. The van der Waals surface area contributed by atoms with E-state index < -0.39 is 26.5 Å². The van der Waals surface area contributed by atoms with Gasteiger partial charge in [-0.15, -0.1) is 0 Å². The molecule has 0 radical (unpaired) electrons. The average molecular weight is 942 g/mol. The normalized spacial score (nSPS) is 13.1. The van der Waals surface area contributed by atoms with E-state index >= 15 is 0 Å². The number of nitrogens with two attached hydrogens (primary N) is 1. The van der Waals surface area contributed by atoms with E-state index in [0.717, 1.165) is 32.1 Å². The Labute approximate surface area is 402 Å². The van der Waals surface area contributed by atoms with Gasteiger partial charge >= 0.3 is 19.8 Å². The minimum Gasteiger partial charge on any atom is -0.462 e. The van der Waals surface area contributed by atoms with Crippen LogP contribution in [-0.4, -0.2) is 49.3 Å². The smallest absolute Gasteiger partial charge is 0.462 e. The van der Waals surface area contributed by atoms with Crippen LogP contribution in [0.3, 0.4) is 0 Å². The maximum atomic E-state index is 12.7. The second-order valence-corrected chi connectivity index (χ2v) is 20.6. The van der Waals surface area contributed by atoms with Crippen LogP contribution in [-0.2, 0) is 32.7 Å². The van der Waals surface area contributed by atoms with Crippen molar-refractivity contribution in [2.75, 3.05) is 26.4 Å². The molecule has 0 aliphatic carbocycles. The highest BCUT2D eigenvalue weighted by atomic mass is 31.2. The van der Waals surface area contributed by atoms with Gasteiger partial charge in [-0.2, -0.15) is 0 Å². The van der Waals surface area contributed by atoms with Crippen LogP contribution in [0.2, 0.25) is 0 Å². The first-order valence-corrected chi connectivity index (χ1v) is 29.7. The fourth-order valence-corrected chi connectivity index (χ4v) is 9.22. The predicted octanol–water partition coefficient (Wildman–Crippen LogP) is 17.3. The topological polar surface area (TPSA) is 134 Å². The zero-order valence-corrected chi connectivity index (χ0v) is 43.9. The van der Waals surface area contributed by atoms with Crippen molar-refractivity contribution in [3.05, 3.63) is 12.2 Å². The summed E-state index contributed by atoms with van der Waals surface area (Å²) < 4.78 is 33.0. The number of rotatable bonds is 54. The van der Waals surface area contributed by atoms with Crippen molar-refractivity contribution in [2.45, 2.75) is 302 Å². The molecule has 0 fully saturated rings. The van der Waals surface area contributed by atoms with Crippen molar-refractivity contribution in [3.63, 3.8) is 0 Å². The Kier molecular flexibility index (Phi) is 51.1. The van der Waals surface area contributed by atoms with Gasteiger partial charge in [-0.25, -0.2) is 4.57 Å². The summed E-state index contributed by atoms with van der Waals surface area (Å²) in [7, 11) is -4.38. The second kappa shape index (κ2) is 52.1. The van der Waals surface area contributed by atoms with Gasteiger partial charge in [-0.05, 0) is 38.5 Å². The molecule has 0 aromatic carbocycles.